The number of carboxylic acids is 1. The molecule has 0 unspecified atom stereocenters. The van der Waals surface area contributed by atoms with Crippen LogP contribution in [-0.4, -0.2) is 17.6 Å². The highest BCUT2D eigenvalue weighted by molar-refractivity contribution is 5.88. The van der Waals surface area contributed by atoms with E-state index in [1.165, 1.54) is 0 Å². The summed E-state index contributed by atoms with van der Waals surface area (Å²) in [5, 5.41) is 8.68. The molecule has 1 saturated carbocycles. The van der Waals surface area contributed by atoms with Gasteiger partial charge < -0.3 is 10.8 Å². The summed E-state index contributed by atoms with van der Waals surface area (Å²) in [6, 6.07) is 0.778. The van der Waals surface area contributed by atoms with Crippen molar-refractivity contribution in [2.75, 3.05) is 6.54 Å². The smallest absolute Gasteiger partial charge is 0.341 e. The van der Waals surface area contributed by atoms with Gasteiger partial charge in [0.25, 0.3) is 0 Å². The van der Waals surface area contributed by atoms with Crippen molar-refractivity contribution in [1.82, 2.24) is 0 Å². The highest BCUT2D eigenvalue weighted by Gasteiger charge is 2.39. The summed E-state index contributed by atoms with van der Waals surface area (Å²) in [5.74, 6) is -6.04. The van der Waals surface area contributed by atoms with E-state index in [4.69, 9.17) is 10.8 Å². The molecule has 1 aliphatic carbocycles. The zero-order valence-corrected chi connectivity index (χ0v) is 10.2. The van der Waals surface area contributed by atoms with E-state index < -0.39 is 34.4 Å². The van der Waals surface area contributed by atoms with Gasteiger partial charge in [-0.2, -0.15) is 0 Å². The lowest BCUT2D eigenvalue weighted by molar-refractivity contribution is 0.0684. The summed E-state index contributed by atoms with van der Waals surface area (Å²) in [6.07, 6.45) is 2.71. The van der Waals surface area contributed by atoms with Crippen molar-refractivity contribution in [3.05, 3.63) is 34.6 Å². The Balaban J connectivity index is 2.63. The summed E-state index contributed by atoms with van der Waals surface area (Å²) in [7, 11) is 0. The van der Waals surface area contributed by atoms with Crippen LogP contribution < -0.4 is 5.73 Å². The van der Waals surface area contributed by atoms with Crippen molar-refractivity contribution in [1.29, 1.82) is 0 Å². The predicted molar refractivity (Wildman–Crippen MR) is 62.5 cm³/mol. The molecule has 6 heteroatoms. The first kappa shape index (κ1) is 13.9. The lowest BCUT2D eigenvalue weighted by atomic mass is 9.78. The van der Waals surface area contributed by atoms with E-state index in [9.17, 15) is 18.0 Å². The maximum Gasteiger partial charge on any atom is 0.341 e. The highest BCUT2D eigenvalue weighted by atomic mass is 19.2. The van der Waals surface area contributed by atoms with Gasteiger partial charge in [-0.15, -0.1) is 0 Å². The molecule has 19 heavy (non-hydrogen) atoms. The summed E-state index contributed by atoms with van der Waals surface area (Å²) in [6.45, 7) is 0.0786. The minimum Gasteiger partial charge on any atom is -0.477 e. The van der Waals surface area contributed by atoms with Gasteiger partial charge >= 0.3 is 5.97 Å². The Morgan fingerprint density at radius 1 is 1.26 bits per heavy atom. The summed E-state index contributed by atoms with van der Waals surface area (Å²) in [4.78, 5) is 10.7. The predicted octanol–water partition coefficient (Wildman–Crippen LogP) is 2.57. The number of carboxylic acid groups (broad SMARTS) is 1. The molecule has 0 heterocycles. The molecular formula is C13H14F3NO2. The normalized spacial score (nSPS) is 17.7. The standard InChI is InChI=1S/C13H14F3NO2/c14-8-5-7(13(6-17)3-1-2-4-13)10(15)11(16)9(8)12(18)19/h5H,1-4,6,17H2,(H,18,19). The van der Waals surface area contributed by atoms with Crippen LogP contribution in [-0.2, 0) is 5.41 Å². The van der Waals surface area contributed by atoms with E-state index in [2.05, 4.69) is 0 Å². The van der Waals surface area contributed by atoms with E-state index in [0.29, 0.717) is 12.8 Å². The fraction of sp³-hybridized carbons (Fsp3) is 0.462. The average Bonchev–Trinajstić information content (AvgIpc) is 2.83. The maximum atomic E-state index is 14.0. The molecule has 0 saturated heterocycles. The van der Waals surface area contributed by atoms with Gasteiger partial charge in [-0.25, -0.2) is 18.0 Å². The molecule has 0 radical (unpaired) electrons. The third-order valence-electron chi connectivity index (χ3n) is 3.90. The summed E-state index contributed by atoms with van der Waals surface area (Å²) in [5.41, 5.74) is 3.45. The van der Waals surface area contributed by atoms with Crippen molar-refractivity contribution in [3.63, 3.8) is 0 Å². The van der Waals surface area contributed by atoms with Gasteiger partial charge in [0.15, 0.2) is 11.6 Å². The topological polar surface area (TPSA) is 63.3 Å². The van der Waals surface area contributed by atoms with Gasteiger partial charge in [0.1, 0.15) is 11.4 Å². The first-order chi connectivity index (χ1) is 8.93. The Kier molecular flexibility index (Phi) is 3.54. The van der Waals surface area contributed by atoms with Crippen LogP contribution in [0.25, 0.3) is 0 Å². The highest BCUT2D eigenvalue weighted by Crippen LogP contribution is 2.42. The minimum atomic E-state index is -1.83. The molecule has 104 valence electrons. The summed E-state index contributed by atoms with van der Waals surface area (Å²) >= 11 is 0. The molecule has 1 fully saturated rings. The van der Waals surface area contributed by atoms with Crippen molar-refractivity contribution in [2.45, 2.75) is 31.1 Å². The molecule has 0 aliphatic heterocycles. The van der Waals surface area contributed by atoms with Crippen LogP contribution in [0.5, 0.6) is 0 Å². The number of benzene rings is 1. The van der Waals surface area contributed by atoms with Crippen LogP contribution >= 0.6 is 0 Å². The molecule has 1 aromatic carbocycles. The number of aromatic carboxylic acids is 1. The van der Waals surface area contributed by atoms with E-state index in [0.717, 1.165) is 18.9 Å². The zero-order valence-electron chi connectivity index (χ0n) is 10.2. The van der Waals surface area contributed by atoms with Crippen molar-refractivity contribution < 1.29 is 23.1 Å². The first-order valence-corrected chi connectivity index (χ1v) is 6.04. The Bertz CT molecular complexity index is 525. The number of carbonyl (C=O) groups is 1. The maximum absolute atomic E-state index is 14.0. The molecule has 2 rings (SSSR count). The van der Waals surface area contributed by atoms with Crippen LogP contribution in [0.3, 0.4) is 0 Å². The molecular weight excluding hydrogens is 259 g/mol. The first-order valence-electron chi connectivity index (χ1n) is 6.04. The molecule has 3 nitrogen and oxygen atoms in total. The number of halogens is 3. The second-order valence-corrected chi connectivity index (χ2v) is 4.91. The zero-order chi connectivity index (χ0) is 14.2. The minimum absolute atomic E-state index is 0.0786. The second-order valence-electron chi connectivity index (χ2n) is 4.91. The van der Waals surface area contributed by atoms with Crippen LogP contribution in [0, 0.1) is 17.5 Å². The van der Waals surface area contributed by atoms with Gasteiger partial charge in [-0.1, -0.05) is 12.8 Å². The second kappa shape index (κ2) is 4.85. The Labute approximate surface area is 108 Å². The van der Waals surface area contributed by atoms with E-state index in [1.54, 1.807) is 0 Å². The van der Waals surface area contributed by atoms with E-state index in [1.807, 2.05) is 0 Å². The van der Waals surface area contributed by atoms with Crippen molar-refractivity contribution in [3.8, 4) is 0 Å². The van der Waals surface area contributed by atoms with Gasteiger partial charge in [0, 0.05) is 17.5 Å². The Hall–Kier alpha value is -1.56. The molecule has 0 atom stereocenters. The van der Waals surface area contributed by atoms with Gasteiger partial charge in [0.05, 0.1) is 0 Å². The van der Waals surface area contributed by atoms with E-state index >= 15 is 0 Å². The molecule has 1 aliphatic rings. The Morgan fingerprint density at radius 2 is 1.84 bits per heavy atom. The lowest BCUT2D eigenvalue weighted by Crippen LogP contribution is -2.34. The van der Waals surface area contributed by atoms with Crippen molar-refractivity contribution >= 4 is 5.97 Å². The quantitative estimate of drug-likeness (QED) is 0.832. The third-order valence-corrected chi connectivity index (χ3v) is 3.90. The average molecular weight is 273 g/mol. The number of rotatable bonds is 3. The van der Waals surface area contributed by atoms with Crippen LogP contribution in [0.2, 0.25) is 0 Å². The lowest BCUT2D eigenvalue weighted by Gasteiger charge is -2.28. The molecule has 0 aromatic heterocycles. The molecule has 3 N–H and O–H groups in total. The number of hydrogen-bond donors (Lipinski definition) is 2. The molecule has 0 bridgehead atoms. The van der Waals surface area contributed by atoms with Gasteiger partial charge in [-0.05, 0) is 18.9 Å². The number of nitrogens with two attached hydrogens (primary N) is 1. The molecule has 1 aromatic rings. The fourth-order valence-electron chi connectivity index (χ4n) is 2.81. The summed E-state index contributed by atoms with van der Waals surface area (Å²) < 4.78 is 41.4. The van der Waals surface area contributed by atoms with Crippen LogP contribution in [0.1, 0.15) is 41.6 Å². The third kappa shape index (κ3) is 2.10. The van der Waals surface area contributed by atoms with Gasteiger partial charge in [0.2, 0.25) is 0 Å². The van der Waals surface area contributed by atoms with Crippen LogP contribution in [0.15, 0.2) is 6.07 Å². The largest absolute Gasteiger partial charge is 0.477 e. The van der Waals surface area contributed by atoms with E-state index in [-0.39, 0.29) is 12.1 Å². The van der Waals surface area contributed by atoms with Gasteiger partial charge in [-0.3, -0.25) is 0 Å². The Morgan fingerprint density at radius 3 is 2.32 bits per heavy atom. The SMILES string of the molecule is NCC1(c2cc(F)c(C(=O)O)c(F)c2F)CCCC1. The fourth-order valence-corrected chi connectivity index (χ4v) is 2.81. The van der Waals surface area contributed by atoms with Crippen LogP contribution in [0.4, 0.5) is 13.2 Å². The molecule has 0 spiro atoms. The molecule has 0 amide bonds. The monoisotopic (exact) mass is 273 g/mol. The van der Waals surface area contributed by atoms with Crippen molar-refractivity contribution in [2.24, 2.45) is 5.73 Å². The number of hydrogen-bond acceptors (Lipinski definition) is 2.